The molecule has 0 radical (unpaired) electrons. The molecule has 2 saturated heterocycles. The molecule has 34 heavy (non-hydrogen) atoms. The van der Waals surface area contributed by atoms with Crippen molar-refractivity contribution < 1.29 is 4.79 Å². The number of hydrogen-bond donors (Lipinski definition) is 0. The van der Waals surface area contributed by atoms with Crippen molar-refractivity contribution in [3.63, 3.8) is 0 Å². The Morgan fingerprint density at radius 3 is 2.47 bits per heavy atom. The highest BCUT2D eigenvalue weighted by atomic mass is 16.2. The Kier molecular flexibility index (Phi) is 6.73. The number of carbonyl (C=O) groups excluding carboxylic acids is 1. The Bertz CT molecular complexity index is 1020. The molecule has 2 fully saturated rings. The zero-order valence-electron chi connectivity index (χ0n) is 21.0. The highest BCUT2D eigenvalue weighted by Crippen LogP contribution is 2.30. The van der Waals surface area contributed by atoms with Gasteiger partial charge in [-0.2, -0.15) is 4.98 Å². The van der Waals surface area contributed by atoms with Crippen molar-refractivity contribution in [2.75, 3.05) is 56.6 Å². The van der Waals surface area contributed by atoms with Crippen LogP contribution in [0.3, 0.4) is 0 Å². The Hall–Kier alpha value is -2.67. The van der Waals surface area contributed by atoms with Crippen LogP contribution >= 0.6 is 0 Å². The molecule has 0 unspecified atom stereocenters. The number of amides is 1. The smallest absolute Gasteiger partial charge is 0.254 e. The van der Waals surface area contributed by atoms with E-state index in [0.29, 0.717) is 19.1 Å². The summed E-state index contributed by atoms with van der Waals surface area (Å²) in [6.45, 7) is 7.85. The lowest BCUT2D eigenvalue weighted by Crippen LogP contribution is -2.47. The van der Waals surface area contributed by atoms with E-state index >= 15 is 0 Å². The average Bonchev–Trinajstić information content (AvgIpc) is 2.88. The van der Waals surface area contributed by atoms with Gasteiger partial charge in [0.25, 0.3) is 5.91 Å². The van der Waals surface area contributed by atoms with Gasteiger partial charge in [-0.3, -0.25) is 4.79 Å². The van der Waals surface area contributed by atoms with Crippen molar-refractivity contribution in [2.45, 2.75) is 58.0 Å². The lowest BCUT2D eigenvalue weighted by atomic mass is 10.00. The summed E-state index contributed by atoms with van der Waals surface area (Å²) in [6, 6.07) is 8.57. The van der Waals surface area contributed by atoms with Crippen LogP contribution < -0.4 is 9.80 Å². The molecular weight excluding hydrogens is 424 g/mol. The number of piperidine rings is 2. The third-order valence-corrected chi connectivity index (χ3v) is 7.66. The number of aromatic nitrogens is 2. The number of rotatable bonds is 4. The van der Waals surface area contributed by atoms with Gasteiger partial charge < -0.3 is 19.6 Å². The van der Waals surface area contributed by atoms with Crippen molar-refractivity contribution in [1.29, 1.82) is 0 Å². The predicted molar refractivity (Wildman–Crippen MR) is 137 cm³/mol. The van der Waals surface area contributed by atoms with Crippen LogP contribution in [0.1, 0.15) is 59.3 Å². The van der Waals surface area contributed by atoms with E-state index in [1.165, 1.54) is 45.2 Å². The monoisotopic (exact) mass is 462 g/mol. The molecule has 3 aliphatic rings. The SMILES string of the molecule is Cc1cccc(C(=O)N2CCc3nc(N4CCC(N5CCCCC5)CC4)nc(N(C)C)c3C2)c1. The fraction of sp³-hybridized carbons (Fsp3) is 0.593. The zero-order chi connectivity index (χ0) is 23.7. The number of fused-ring (bicyclic) bond motifs is 1. The minimum absolute atomic E-state index is 0.0860. The molecular formula is C27H38N6O. The van der Waals surface area contributed by atoms with E-state index in [4.69, 9.17) is 9.97 Å². The quantitative estimate of drug-likeness (QED) is 0.693. The highest BCUT2D eigenvalue weighted by Gasteiger charge is 2.30. The van der Waals surface area contributed by atoms with Crippen molar-refractivity contribution in [1.82, 2.24) is 19.8 Å². The minimum atomic E-state index is 0.0860. The van der Waals surface area contributed by atoms with Gasteiger partial charge in [-0.25, -0.2) is 4.98 Å². The Balaban J connectivity index is 1.32. The van der Waals surface area contributed by atoms with E-state index in [2.05, 4.69) is 14.7 Å². The Morgan fingerprint density at radius 2 is 1.76 bits per heavy atom. The minimum Gasteiger partial charge on any atom is -0.362 e. The molecule has 0 saturated carbocycles. The van der Waals surface area contributed by atoms with Crippen LogP contribution in [0.25, 0.3) is 0 Å². The summed E-state index contributed by atoms with van der Waals surface area (Å²) in [5, 5.41) is 0. The summed E-state index contributed by atoms with van der Waals surface area (Å²) in [5.41, 5.74) is 4.04. The predicted octanol–water partition coefficient (Wildman–Crippen LogP) is 3.50. The molecule has 1 aromatic carbocycles. The molecule has 1 aromatic heterocycles. The van der Waals surface area contributed by atoms with E-state index in [0.717, 1.165) is 53.7 Å². The molecule has 5 rings (SSSR count). The first-order valence-corrected chi connectivity index (χ1v) is 12.9. The van der Waals surface area contributed by atoms with E-state index in [-0.39, 0.29) is 5.91 Å². The van der Waals surface area contributed by atoms with Crippen LogP contribution in [0, 0.1) is 6.92 Å². The second-order valence-corrected chi connectivity index (χ2v) is 10.3. The van der Waals surface area contributed by atoms with Crippen LogP contribution in [-0.2, 0) is 13.0 Å². The number of benzene rings is 1. The van der Waals surface area contributed by atoms with Crippen molar-refractivity contribution >= 4 is 17.7 Å². The lowest BCUT2D eigenvalue weighted by Gasteiger charge is -2.40. The Labute approximate surface area is 203 Å². The van der Waals surface area contributed by atoms with E-state index < -0.39 is 0 Å². The van der Waals surface area contributed by atoms with Gasteiger partial charge in [0.15, 0.2) is 0 Å². The van der Waals surface area contributed by atoms with Gasteiger partial charge in [0.1, 0.15) is 5.82 Å². The maximum absolute atomic E-state index is 13.2. The zero-order valence-corrected chi connectivity index (χ0v) is 21.0. The lowest BCUT2D eigenvalue weighted by molar-refractivity contribution is 0.0733. The molecule has 3 aliphatic heterocycles. The van der Waals surface area contributed by atoms with E-state index in [1.54, 1.807) is 0 Å². The van der Waals surface area contributed by atoms with E-state index in [1.807, 2.05) is 50.2 Å². The van der Waals surface area contributed by atoms with Crippen LogP contribution in [-0.4, -0.2) is 78.5 Å². The van der Waals surface area contributed by atoms with Gasteiger partial charge in [-0.15, -0.1) is 0 Å². The van der Waals surface area contributed by atoms with Crippen LogP contribution in [0.15, 0.2) is 24.3 Å². The van der Waals surface area contributed by atoms with Crippen molar-refractivity contribution in [3.8, 4) is 0 Å². The molecule has 0 aliphatic carbocycles. The second-order valence-electron chi connectivity index (χ2n) is 10.3. The molecule has 0 N–H and O–H groups in total. The van der Waals surface area contributed by atoms with Gasteiger partial charge >= 0.3 is 0 Å². The molecule has 7 nitrogen and oxygen atoms in total. The molecule has 0 atom stereocenters. The largest absolute Gasteiger partial charge is 0.362 e. The summed E-state index contributed by atoms with van der Waals surface area (Å²) >= 11 is 0. The number of carbonyl (C=O) groups is 1. The van der Waals surface area contributed by atoms with Crippen LogP contribution in [0.4, 0.5) is 11.8 Å². The van der Waals surface area contributed by atoms with Gasteiger partial charge in [0.05, 0.1) is 12.2 Å². The highest BCUT2D eigenvalue weighted by molar-refractivity contribution is 5.94. The number of aryl methyl sites for hydroxylation is 1. The summed E-state index contributed by atoms with van der Waals surface area (Å²) in [7, 11) is 4.08. The first-order valence-electron chi connectivity index (χ1n) is 12.9. The maximum Gasteiger partial charge on any atom is 0.254 e. The molecule has 0 bridgehead atoms. The molecule has 1 amide bonds. The normalized spacial score (nSPS) is 19.7. The van der Waals surface area contributed by atoms with Crippen molar-refractivity contribution in [3.05, 3.63) is 46.6 Å². The van der Waals surface area contributed by atoms with Crippen molar-refractivity contribution in [2.24, 2.45) is 0 Å². The molecule has 2 aromatic rings. The number of likely N-dealkylation sites (tertiary alicyclic amines) is 1. The fourth-order valence-electron chi connectivity index (χ4n) is 5.74. The standard InChI is InChI=1S/C27H38N6O/c1-20-8-7-9-21(18-20)26(34)33-17-12-24-23(19-33)25(30(2)3)29-27(28-24)32-15-10-22(11-16-32)31-13-5-4-6-14-31/h7-9,18,22H,4-6,10-17,19H2,1-3H3. The third-order valence-electron chi connectivity index (χ3n) is 7.66. The summed E-state index contributed by atoms with van der Waals surface area (Å²) < 4.78 is 0. The fourth-order valence-corrected chi connectivity index (χ4v) is 5.74. The maximum atomic E-state index is 13.2. The number of hydrogen-bond acceptors (Lipinski definition) is 6. The topological polar surface area (TPSA) is 55.8 Å². The summed E-state index contributed by atoms with van der Waals surface area (Å²) in [5.74, 6) is 1.89. The van der Waals surface area contributed by atoms with Gasteiger partial charge in [-0.05, 0) is 57.8 Å². The van der Waals surface area contributed by atoms with Crippen LogP contribution in [0.2, 0.25) is 0 Å². The second kappa shape index (κ2) is 9.90. The molecule has 182 valence electrons. The Morgan fingerprint density at radius 1 is 1.00 bits per heavy atom. The first kappa shape index (κ1) is 23.1. The first-order chi connectivity index (χ1) is 16.5. The van der Waals surface area contributed by atoms with E-state index in [9.17, 15) is 4.79 Å². The summed E-state index contributed by atoms with van der Waals surface area (Å²) in [4.78, 5) is 32.3. The van der Waals surface area contributed by atoms with Gasteiger partial charge in [-0.1, -0.05) is 24.1 Å². The average molecular weight is 463 g/mol. The number of nitrogens with zero attached hydrogens (tertiary/aromatic N) is 6. The molecule has 4 heterocycles. The molecule has 0 spiro atoms. The number of anilines is 2. The van der Waals surface area contributed by atoms with Crippen LogP contribution in [0.5, 0.6) is 0 Å². The van der Waals surface area contributed by atoms with Gasteiger partial charge in [0, 0.05) is 57.3 Å². The van der Waals surface area contributed by atoms with Gasteiger partial charge in [0.2, 0.25) is 5.95 Å². The third kappa shape index (κ3) is 4.76. The summed E-state index contributed by atoms with van der Waals surface area (Å²) in [6.07, 6.45) is 7.24. The molecule has 7 heteroatoms.